The molecule has 0 saturated heterocycles. The monoisotopic (exact) mass is 434 g/mol. The second-order valence-electron chi connectivity index (χ2n) is 6.88. The molecular formula is C24H19ClN2O4. The molecule has 0 aliphatic heterocycles. The van der Waals surface area contributed by atoms with Crippen LogP contribution in [0.15, 0.2) is 71.3 Å². The van der Waals surface area contributed by atoms with Crippen LogP contribution in [0.5, 0.6) is 11.5 Å². The van der Waals surface area contributed by atoms with Crippen LogP contribution in [0.2, 0.25) is 5.02 Å². The molecule has 7 heteroatoms. The van der Waals surface area contributed by atoms with Gasteiger partial charge in [0.2, 0.25) is 5.82 Å². The van der Waals surface area contributed by atoms with Gasteiger partial charge in [0.1, 0.15) is 0 Å². The Hall–Kier alpha value is -3.64. The molecule has 31 heavy (non-hydrogen) atoms. The summed E-state index contributed by atoms with van der Waals surface area (Å²) in [5.74, 6) is 1.60. The minimum Gasteiger partial charge on any atom is -0.493 e. The van der Waals surface area contributed by atoms with Gasteiger partial charge >= 0.3 is 0 Å². The molecule has 0 unspecified atom stereocenters. The average molecular weight is 435 g/mol. The lowest BCUT2D eigenvalue weighted by Gasteiger charge is -2.11. The molecule has 4 aromatic rings. The van der Waals surface area contributed by atoms with E-state index in [9.17, 15) is 4.79 Å². The summed E-state index contributed by atoms with van der Waals surface area (Å²) in [6.07, 6.45) is 0. The molecule has 3 aromatic carbocycles. The molecule has 0 aliphatic carbocycles. The second kappa shape index (κ2) is 9.02. The molecule has 0 fully saturated rings. The van der Waals surface area contributed by atoms with Gasteiger partial charge in [-0.1, -0.05) is 34.5 Å². The van der Waals surface area contributed by atoms with Gasteiger partial charge in [0, 0.05) is 21.7 Å². The largest absolute Gasteiger partial charge is 0.493 e. The van der Waals surface area contributed by atoms with Crippen molar-refractivity contribution in [1.29, 1.82) is 0 Å². The maximum atomic E-state index is 12.3. The van der Waals surface area contributed by atoms with E-state index in [1.54, 1.807) is 42.5 Å². The lowest BCUT2D eigenvalue weighted by molar-refractivity contribution is 0.0919. The molecular weight excluding hydrogens is 416 g/mol. The molecule has 4 rings (SSSR count). The van der Waals surface area contributed by atoms with E-state index in [1.165, 1.54) is 7.11 Å². The van der Waals surface area contributed by atoms with Crippen molar-refractivity contribution in [2.45, 2.75) is 6.92 Å². The molecule has 1 aromatic heterocycles. The Bertz CT molecular complexity index is 1220. The van der Waals surface area contributed by atoms with Crippen LogP contribution < -0.4 is 9.47 Å². The number of ether oxygens (including phenoxy) is 2. The van der Waals surface area contributed by atoms with Gasteiger partial charge in [0.15, 0.2) is 23.9 Å². The molecule has 1 heterocycles. The third-order valence-corrected chi connectivity index (χ3v) is 4.89. The Labute approximate surface area is 184 Å². The quantitative estimate of drug-likeness (QED) is 0.350. The Morgan fingerprint density at radius 1 is 1.00 bits per heavy atom. The number of ketones is 1. The van der Waals surface area contributed by atoms with Crippen LogP contribution in [0.4, 0.5) is 0 Å². The highest BCUT2D eigenvalue weighted by atomic mass is 35.5. The zero-order chi connectivity index (χ0) is 21.8. The summed E-state index contributed by atoms with van der Waals surface area (Å²) < 4.78 is 16.5. The van der Waals surface area contributed by atoms with E-state index in [0.717, 1.165) is 11.1 Å². The highest BCUT2D eigenvalue weighted by Crippen LogP contribution is 2.32. The number of methoxy groups -OCH3 is 1. The van der Waals surface area contributed by atoms with Crippen LogP contribution >= 0.6 is 11.6 Å². The van der Waals surface area contributed by atoms with Crippen LogP contribution in [0.3, 0.4) is 0 Å². The molecule has 0 bridgehead atoms. The highest BCUT2D eigenvalue weighted by molar-refractivity contribution is 6.30. The standard InChI is InChI=1S/C24H19ClN2O4/c1-15-4-3-5-18(12-15)24-26-23(27-31-24)17-8-11-21(22(13-17)29-2)30-14-20(28)16-6-9-19(25)10-7-16/h3-13H,14H2,1-2H3. The predicted octanol–water partition coefficient (Wildman–Crippen LogP) is 5.64. The van der Waals surface area contributed by atoms with Crippen molar-refractivity contribution in [1.82, 2.24) is 10.1 Å². The van der Waals surface area contributed by atoms with Crippen molar-refractivity contribution >= 4 is 17.4 Å². The van der Waals surface area contributed by atoms with E-state index in [-0.39, 0.29) is 12.4 Å². The lowest BCUT2D eigenvalue weighted by atomic mass is 10.1. The van der Waals surface area contributed by atoms with E-state index in [2.05, 4.69) is 10.1 Å². The number of rotatable bonds is 7. The first kappa shape index (κ1) is 20.6. The van der Waals surface area contributed by atoms with Crippen LogP contribution in [-0.2, 0) is 0 Å². The van der Waals surface area contributed by atoms with Crippen LogP contribution in [0, 0.1) is 6.92 Å². The molecule has 0 spiro atoms. The predicted molar refractivity (Wildman–Crippen MR) is 118 cm³/mol. The number of aryl methyl sites for hydroxylation is 1. The highest BCUT2D eigenvalue weighted by Gasteiger charge is 2.15. The van der Waals surface area contributed by atoms with E-state index in [0.29, 0.717) is 39.4 Å². The number of Topliss-reactive ketones (excluding diaryl/α,β-unsaturated/α-hetero) is 1. The number of carbonyl (C=O) groups excluding carboxylic acids is 1. The Morgan fingerprint density at radius 2 is 1.81 bits per heavy atom. The normalized spacial score (nSPS) is 10.7. The molecule has 0 aliphatic rings. The zero-order valence-corrected chi connectivity index (χ0v) is 17.7. The van der Waals surface area contributed by atoms with E-state index < -0.39 is 0 Å². The minimum absolute atomic E-state index is 0.128. The molecule has 0 N–H and O–H groups in total. The number of nitrogens with zero attached hydrogens (tertiary/aromatic N) is 2. The summed E-state index contributed by atoms with van der Waals surface area (Å²) in [5, 5.41) is 4.64. The van der Waals surface area contributed by atoms with Gasteiger partial charge in [-0.3, -0.25) is 4.79 Å². The SMILES string of the molecule is COc1cc(-c2noc(-c3cccc(C)c3)n2)ccc1OCC(=O)c1ccc(Cl)cc1. The van der Waals surface area contributed by atoms with Gasteiger partial charge in [-0.25, -0.2) is 0 Å². The minimum atomic E-state index is -0.163. The summed E-state index contributed by atoms with van der Waals surface area (Å²) in [4.78, 5) is 16.8. The number of hydrogen-bond donors (Lipinski definition) is 0. The van der Waals surface area contributed by atoms with E-state index in [1.807, 2.05) is 31.2 Å². The zero-order valence-electron chi connectivity index (χ0n) is 17.0. The van der Waals surface area contributed by atoms with Crippen molar-refractivity contribution in [3.63, 3.8) is 0 Å². The number of halogens is 1. The topological polar surface area (TPSA) is 74.5 Å². The first-order valence-electron chi connectivity index (χ1n) is 9.54. The fraction of sp³-hybridized carbons (Fsp3) is 0.125. The Morgan fingerprint density at radius 3 is 2.55 bits per heavy atom. The average Bonchev–Trinajstić information content (AvgIpc) is 3.28. The van der Waals surface area contributed by atoms with Gasteiger partial charge in [0.25, 0.3) is 5.89 Å². The fourth-order valence-electron chi connectivity index (χ4n) is 3.02. The maximum Gasteiger partial charge on any atom is 0.258 e. The second-order valence-corrected chi connectivity index (χ2v) is 7.31. The third kappa shape index (κ3) is 4.75. The fourth-order valence-corrected chi connectivity index (χ4v) is 3.15. The van der Waals surface area contributed by atoms with Gasteiger partial charge in [-0.05, 0) is 61.5 Å². The van der Waals surface area contributed by atoms with Gasteiger partial charge in [-0.15, -0.1) is 0 Å². The first-order chi connectivity index (χ1) is 15.0. The third-order valence-electron chi connectivity index (χ3n) is 4.64. The van der Waals surface area contributed by atoms with E-state index in [4.69, 9.17) is 25.6 Å². The number of carbonyl (C=O) groups is 1. The summed E-state index contributed by atoms with van der Waals surface area (Å²) in [7, 11) is 1.53. The van der Waals surface area contributed by atoms with Crippen LogP contribution in [-0.4, -0.2) is 29.6 Å². The molecule has 0 saturated carbocycles. The maximum absolute atomic E-state index is 12.3. The number of aromatic nitrogens is 2. The lowest BCUT2D eigenvalue weighted by Crippen LogP contribution is -2.12. The first-order valence-corrected chi connectivity index (χ1v) is 9.92. The smallest absolute Gasteiger partial charge is 0.258 e. The van der Waals surface area contributed by atoms with Crippen LogP contribution in [0.1, 0.15) is 15.9 Å². The van der Waals surface area contributed by atoms with Crippen molar-refractivity contribution in [3.8, 4) is 34.3 Å². The number of hydrogen-bond acceptors (Lipinski definition) is 6. The molecule has 6 nitrogen and oxygen atoms in total. The van der Waals surface area contributed by atoms with Gasteiger partial charge < -0.3 is 14.0 Å². The molecule has 156 valence electrons. The van der Waals surface area contributed by atoms with Crippen molar-refractivity contribution in [2.75, 3.05) is 13.7 Å². The summed E-state index contributed by atoms with van der Waals surface area (Å²) in [5.41, 5.74) is 3.19. The van der Waals surface area contributed by atoms with Gasteiger partial charge in [0.05, 0.1) is 7.11 Å². The van der Waals surface area contributed by atoms with Crippen LogP contribution in [0.25, 0.3) is 22.8 Å². The number of benzene rings is 3. The van der Waals surface area contributed by atoms with Crippen molar-refractivity contribution in [3.05, 3.63) is 82.9 Å². The molecule has 0 amide bonds. The summed E-state index contributed by atoms with van der Waals surface area (Å²) in [6.45, 7) is 1.87. The Balaban J connectivity index is 1.50. The molecule has 0 atom stereocenters. The van der Waals surface area contributed by atoms with Crippen molar-refractivity contribution < 1.29 is 18.8 Å². The summed E-state index contributed by atoms with van der Waals surface area (Å²) in [6, 6.07) is 19.7. The van der Waals surface area contributed by atoms with E-state index >= 15 is 0 Å². The summed E-state index contributed by atoms with van der Waals surface area (Å²) >= 11 is 5.86. The van der Waals surface area contributed by atoms with Gasteiger partial charge in [-0.2, -0.15) is 4.98 Å². The Kier molecular flexibility index (Phi) is 6.00. The van der Waals surface area contributed by atoms with Crippen molar-refractivity contribution in [2.24, 2.45) is 0 Å². The molecule has 0 radical (unpaired) electrons.